The molecule has 0 spiro atoms. The van der Waals surface area contributed by atoms with Crippen molar-refractivity contribution in [3.63, 3.8) is 0 Å². The van der Waals surface area contributed by atoms with Crippen molar-refractivity contribution in [3.05, 3.63) is 182 Å². The molecule has 0 unspecified atom stereocenters. The van der Waals surface area contributed by atoms with E-state index < -0.39 is 0 Å². The molecule has 3 aromatic heterocycles. The molecule has 0 bridgehead atoms. The van der Waals surface area contributed by atoms with Crippen LogP contribution in [0.25, 0.3) is 99.7 Å². The zero-order valence-corrected chi connectivity index (χ0v) is 29.5. The van der Waals surface area contributed by atoms with Gasteiger partial charge in [0.25, 0.3) is 0 Å². The van der Waals surface area contributed by atoms with Gasteiger partial charge in [-0.2, -0.15) is 0 Å². The Morgan fingerprint density at radius 1 is 0.426 bits per heavy atom. The Morgan fingerprint density at radius 2 is 1.09 bits per heavy atom. The lowest BCUT2D eigenvalue weighted by Crippen LogP contribution is -1.98. The Balaban J connectivity index is 1.06. The maximum atomic E-state index is 5.35. The van der Waals surface area contributed by atoms with Crippen molar-refractivity contribution < 1.29 is 0 Å². The number of nitrogens with zero attached hydrogens (tertiary/aromatic N) is 4. The van der Waals surface area contributed by atoms with Gasteiger partial charge in [0.1, 0.15) is 0 Å². The maximum Gasteiger partial charge on any atom is 0.160 e. The molecule has 0 aliphatic heterocycles. The molecular formula is C50H34N4. The number of aromatic nitrogens is 4. The summed E-state index contributed by atoms with van der Waals surface area (Å²) in [6, 6.07) is 58.7. The van der Waals surface area contributed by atoms with Crippen molar-refractivity contribution in [2.45, 2.75) is 12.8 Å². The van der Waals surface area contributed by atoms with E-state index >= 15 is 0 Å². The predicted octanol–water partition coefficient (Wildman–Crippen LogP) is 13.0. The Labute approximate surface area is 312 Å². The molecule has 0 radical (unpaired) electrons. The summed E-state index contributed by atoms with van der Waals surface area (Å²) in [5, 5.41) is 6.01. The second-order valence-corrected chi connectivity index (χ2v) is 14.1. The van der Waals surface area contributed by atoms with E-state index in [2.05, 4.69) is 191 Å². The van der Waals surface area contributed by atoms with Crippen LogP contribution in [0.3, 0.4) is 0 Å². The molecule has 4 nitrogen and oxygen atoms in total. The molecule has 0 saturated carbocycles. The van der Waals surface area contributed by atoms with Gasteiger partial charge in [-0.1, -0.05) is 121 Å². The molecule has 0 fully saturated rings. The average molecular weight is 691 g/mol. The summed E-state index contributed by atoms with van der Waals surface area (Å²) in [6.07, 6.45) is 8.77. The van der Waals surface area contributed by atoms with Crippen molar-refractivity contribution in [2.24, 2.45) is 0 Å². The summed E-state index contributed by atoms with van der Waals surface area (Å²) in [5.41, 5.74) is 13.5. The second kappa shape index (κ2) is 12.3. The van der Waals surface area contributed by atoms with Crippen molar-refractivity contribution in [3.8, 4) is 39.5 Å². The van der Waals surface area contributed by atoms with Crippen LogP contribution in [-0.2, 0) is 0 Å². The fourth-order valence-corrected chi connectivity index (χ4v) is 8.47. The van der Waals surface area contributed by atoms with E-state index in [9.17, 15) is 0 Å². The van der Waals surface area contributed by atoms with Crippen LogP contribution in [0.5, 0.6) is 0 Å². The topological polar surface area (TPSA) is 35.6 Å². The molecule has 4 heteroatoms. The normalized spacial score (nSPS) is 13.1. The van der Waals surface area contributed by atoms with Gasteiger partial charge in [0.2, 0.25) is 0 Å². The summed E-state index contributed by atoms with van der Waals surface area (Å²) in [4.78, 5) is 10.5. The van der Waals surface area contributed by atoms with Crippen LogP contribution in [0.15, 0.2) is 182 Å². The molecule has 0 N–H and O–H groups in total. The third kappa shape index (κ3) is 4.84. The fourth-order valence-electron chi connectivity index (χ4n) is 8.47. The molecule has 7 aromatic carbocycles. The highest BCUT2D eigenvalue weighted by Gasteiger charge is 2.18. The Bertz CT molecular complexity index is 3160. The van der Waals surface area contributed by atoms with Crippen molar-refractivity contribution >= 4 is 60.2 Å². The highest BCUT2D eigenvalue weighted by molar-refractivity contribution is 6.12. The van der Waals surface area contributed by atoms with Crippen molar-refractivity contribution in [2.75, 3.05) is 0 Å². The quantitative estimate of drug-likeness (QED) is 0.180. The van der Waals surface area contributed by atoms with Crippen LogP contribution in [0.2, 0.25) is 0 Å². The van der Waals surface area contributed by atoms with E-state index in [1.54, 1.807) is 0 Å². The lowest BCUT2D eigenvalue weighted by atomic mass is 10.00. The molecule has 0 saturated heterocycles. The van der Waals surface area contributed by atoms with Crippen LogP contribution in [-0.4, -0.2) is 19.1 Å². The van der Waals surface area contributed by atoms with Gasteiger partial charge >= 0.3 is 0 Å². The molecule has 11 rings (SSSR count). The van der Waals surface area contributed by atoms with Crippen LogP contribution in [0.1, 0.15) is 12.8 Å². The zero-order chi connectivity index (χ0) is 35.6. The van der Waals surface area contributed by atoms with Gasteiger partial charge in [-0.3, -0.25) is 0 Å². The van der Waals surface area contributed by atoms with E-state index in [-0.39, 0.29) is 0 Å². The number of rotatable bonds is 5. The largest absolute Gasteiger partial charge is 0.313 e. The molecule has 254 valence electrons. The highest BCUT2D eigenvalue weighted by Crippen LogP contribution is 2.39. The van der Waals surface area contributed by atoms with Crippen LogP contribution < -0.4 is 0 Å². The summed E-state index contributed by atoms with van der Waals surface area (Å²) < 4.78 is 4.80. The Hall–Kier alpha value is -7.04. The molecule has 0 amide bonds. The van der Waals surface area contributed by atoms with Gasteiger partial charge < -0.3 is 9.13 Å². The fraction of sp³-hybridized carbons (Fsp3) is 0.0400. The number of hydrogen-bond donors (Lipinski definition) is 0. The number of hydrogen-bond acceptors (Lipinski definition) is 2. The van der Waals surface area contributed by atoms with Crippen molar-refractivity contribution in [1.82, 2.24) is 19.1 Å². The minimum atomic E-state index is 0.715. The van der Waals surface area contributed by atoms with Gasteiger partial charge in [0.15, 0.2) is 5.82 Å². The number of fused-ring (bicyclic) bond motifs is 7. The third-order valence-corrected chi connectivity index (χ3v) is 11.0. The maximum absolute atomic E-state index is 5.35. The minimum Gasteiger partial charge on any atom is -0.313 e. The molecule has 10 aromatic rings. The first-order chi connectivity index (χ1) is 26.8. The van der Waals surface area contributed by atoms with Gasteiger partial charge in [0.05, 0.1) is 33.3 Å². The zero-order valence-electron chi connectivity index (χ0n) is 29.5. The molecule has 54 heavy (non-hydrogen) atoms. The van der Waals surface area contributed by atoms with Crippen molar-refractivity contribution in [1.29, 1.82) is 0 Å². The smallest absolute Gasteiger partial charge is 0.160 e. The molecule has 3 heterocycles. The lowest BCUT2D eigenvalue weighted by Gasteiger charge is -2.14. The number of benzene rings is 7. The minimum absolute atomic E-state index is 0.715. The van der Waals surface area contributed by atoms with Gasteiger partial charge in [-0.05, 0) is 84.6 Å². The summed E-state index contributed by atoms with van der Waals surface area (Å²) in [7, 11) is 0. The first kappa shape index (κ1) is 30.6. The molecule has 1 aliphatic carbocycles. The van der Waals surface area contributed by atoms with E-state index in [1.807, 2.05) is 0 Å². The standard InChI is InChI=1S/C50H34N4/c1-3-16-37(17-4-1)53-46-25-12-9-21-40(46)43-31-35(27-29-47(43)53)49-42-22-7-10-23-44(42)51-50(52-49)36-15-13-14-33(30-36)34-26-28-41-39-20-8-11-24-45(39)54(48(41)32-34)38-18-5-2-6-19-38/h1-5,7-18,20-32H,6,19H2. The molecule has 1 aliphatic rings. The Kier molecular flexibility index (Phi) is 6.96. The monoisotopic (exact) mass is 690 g/mol. The second-order valence-electron chi connectivity index (χ2n) is 14.1. The van der Waals surface area contributed by atoms with Crippen LogP contribution in [0, 0.1) is 0 Å². The molecular weight excluding hydrogens is 657 g/mol. The number of para-hydroxylation sites is 4. The van der Waals surface area contributed by atoms with E-state index in [4.69, 9.17) is 9.97 Å². The predicted molar refractivity (Wildman–Crippen MR) is 226 cm³/mol. The van der Waals surface area contributed by atoms with Crippen LogP contribution in [0.4, 0.5) is 0 Å². The first-order valence-electron chi connectivity index (χ1n) is 18.6. The van der Waals surface area contributed by atoms with E-state index in [0.29, 0.717) is 5.82 Å². The summed E-state index contributed by atoms with van der Waals surface area (Å²) >= 11 is 0. The van der Waals surface area contributed by atoms with Gasteiger partial charge in [-0.25, -0.2) is 9.97 Å². The highest BCUT2D eigenvalue weighted by atomic mass is 15.0. The number of allylic oxidation sites excluding steroid dienone is 4. The SMILES string of the molecule is C1=CCCC(n2c3ccccc3c3ccc(-c4cccc(-c5nc(-c6ccc7c(c6)c6ccccc6n7-c6ccccc6)c6ccccc6n5)c4)cc32)=C1. The third-order valence-electron chi connectivity index (χ3n) is 11.0. The Morgan fingerprint density at radius 3 is 1.93 bits per heavy atom. The average Bonchev–Trinajstić information content (AvgIpc) is 3.76. The first-order valence-corrected chi connectivity index (χ1v) is 18.6. The van der Waals surface area contributed by atoms with E-state index in [0.717, 1.165) is 51.8 Å². The molecule has 0 atom stereocenters. The van der Waals surface area contributed by atoms with E-state index in [1.165, 1.54) is 54.9 Å². The van der Waals surface area contributed by atoms with Gasteiger partial charge in [-0.15, -0.1) is 0 Å². The summed E-state index contributed by atoms with van der Waals surface area (Å²) in [5.74, 6) is 0.715. The lowest BCUT2D eigenvalue weighted by molar-refractivity contribution is 0.979. The summed E-state index contributed by atoms with van der Waals surface area (Å²) in [6.45, 7) is 0. The van der Waals surface area contributed by atoms with Gasteiger partial charge in [0, 0.05) is 49.4 Å². The van der Waals surface area contributed by atoms with Crippen LogP contribution >= 0.6 is 0 Å².